The lowest BCUT2D eigenvalue weighted by molar-refractivity contribution is -0.121. The quantitative estimate of drug-likeness (QED) is 0.876. The monoisotopic (exact) mass is 297 g/mol. The Morgan fingerprint density at radius 3 is 2.55 bits per heavy atom. The third-order valence-electron chi connectivity index (χ3n) is 3.50. The molecule has 0 atom stereocenters. The molecule has 2 aromatic rings. The Morgan fingerprint density at radius 1 is 1.14 bits per heavy atom. The molecule has 7 nitrogen and oxygen atoms in total. The molecule has 7 heteroatoms. The summed E-state index contributed by atoms with van der Waals surface area (Å²) in [7, 11) is 0. The van der Waals surface area contributed by atoms with Crippen LogP contribution in [-0.2, 0) is 9.59 Å². The number of carbonyl (C=O) groups is 2. The Bertz CT molecular complexity index is 813. The third-order valence-corrected chi connectivity index (χ3v) is 3.50. The van der Waals surface area contributed by atoms with E-state index in [-0.39, 0.29) is 18.2 Å². The lowest BCUT2D eigenvalue weighted by Gasteiger charge is -2.12. The van der Waals surface area contributed by atoms with Gasteiger partial charge in [-0.1, -0.05) is 0 Å². The minimum atomic E-state index is -0.323. The van der Waals surface area contributed by atoms with Crippen LogP contribution in [0.5, 0.6) is 0 Å². The van der Waals surface area contributed by atoms with E-state index < -0.39 is 0 Å². The number of hydrogen-bond donors (Lipinski definition) is 2. The topological polar surface area (TPSA) is 96.3 Å². The van der Waals surface area contributed by atoms with Gasteiger partial charge in [0, 0.05) is 18.5 Å². The highest BCUT2D eigenvalue weighted by Crippen LogP contribution is 2.18. The van der Waals surface area contributed by atoms with Crippen LogP contribution in [0.4, 0.5) is 5.69 Å². The summed E-state index contributed by atoms with van der Waals surface area (Å²) < 4.78 is 0. The lowest BCUT2D eigenvalue weighted by atomic mass is 10.1. The van der Waals surface area contributed by atoms with Gasteiger partial charge < -0.3 is 5.32 Å². The number of aryl methyl sites for hydroxylation is 2. The number of anilines is 1. The molecule has 1 aliphatic rings. The summed E-state index contributed by atoms with van der Waals surface area (Å²) in [6.07, 6.45) is 0.608. The van der Waals surface area contributed by atoms with E-state index in [1.54, 1.807) is 12.1 Å². The van der Waals surface area contributed by atoms with Crippen LogP contribution < -0.4 is 10.7 Å². The minimum Gasteiger partial charge on any atom is -0.321 e. The van der Waals surface area contributed by atoms with Crippen molar-refractivity contribution in [1.29, 1.82) is 0 Å². The summed E-state index contributed by atoms with van der Waals surface area (Å²) >= 11 is 0. The number of fused-ring (bicyclic) bond motifs is 1. The van der Waals surface area contributed by atoms with Gasteiger partial charge in [0.15, 0.2) is 0 Å². The molecular weight excluding hydrogens is 282 g/mol. The summed E-state index contributed by atoms with van der Waals surface area (Å²) in [5.74, 6) is -0.500. The van der Waals surface area contributed by atoms with E-state index in [0.717, 1.165) is 22.4 Å². The maximum atomic E-state index is 12.1. The Kier molecular flexibility index (Phi) is 3.54. The van der Waals surface area contributed by atoms with Crippen molar-refractivity contribution < 1.29 is 9.59 Å². The van der Waals surface area contributed by atoms with Gasteiger partial charge in [-0.3, -0.25) is 9.59 Å². The van der Waals surface area contributed by atoms with E-state index >= 15 is 0 Å². The average molecular weight is 297 g/mol. The molecule has 0 radical (unpaired) electrons. The van der Waals surface area contributed by atoms with E-state index in [9.17, 15) is 9.59 Å². The number of nitrogens with zero attached hydrogens (tertiary/aromatic N) is 3. The van der Waals surface area contributed by atoms with Crippen LogP contribution in [0.2, 0.25) is 0 Å². The van der Waals surface area contributed by atoms with Crippen LogP contribution in [0.3, 0.4) is 0 Å². The number of nitrogens with one attached hydrogen (secondary N) is 2. The van der Waals surface area contributed by atoms with Gasteiger partial charge in [-0.15, -0.1) is 0 Å². The van der Waals surface area contributed by atoms with Crippen molar-refractivity contribution in [3.05, 3.63) is 29.6 Å². The highest BCUT2D eigenvalue weighted by Gasteiger charge is 2.18. The Morgan fingerprint density at radius 2 is 1.86 bits per heavy atom. The Labute approximate surface area is 126 Å². The van der Waals surface area contributed by atoms with Crippen LogP contribution in [0, 0.1) is 13.8 Å². The van der Waals surface area contributed by atoms with E-state index in [2.05, 4.69) is 25.8 Å². The summed E-state index contributed by atoms with van der Waals surface area (Å²) in [5.41, 5.74) is 6.48. The van der Waals surface area contributed by atoms with Crippen LogP contribution >= 0.6 is 0 Å². The zero-order valence-electron chi connectivity index (χ0n) is 12.3. The first kappa shape index (κ1) is 14.1. The van der Waals surface area contributed by atoms with Crippen molar-refractivity contribution in [3.63, 3.8) is 0 Å². The molecule has 3 rings (SSSR count). The average Bonchev–Trinajstić information content (AvgIpc) is 2.49. The van der Waals surface area contributed by atoms with Gasteiger partial charge in [0.25, 0.3) is 5.91 Å². The predicted octanol–water partition coefficient (Wildman–Crippen LogP) is 1.45. The molecule has 1 aliphatic heterocycles. The molecule has 1 aromatic heterocycles. The molecule has 1 aromatic carbocycles. The molecular formula is C15H15N5O2. The largest absolute Gasteiger partial charge is 0.321 e. The minimum absolute atomic E-state index is 0.177. The first-order valence-electron chi connectivity index (χ1n) is 6.95. The lowest BCUT2D eigenvalue weighted by Crippen LogP contribution is -2.32. The van der Waals surface area contributed by atoms with Gasteiger partial charge in [-0.05, 0) is 32.0 Å². The third kappa shape index (κ3) is 2.78. The van der Waals surface area contributed by atoms with Crippen LogP contribution in [0.1, 0.15) is 24.2 Å². The van der Waals surface area contributed by atoms with E-state index in [4.69, 9.17) is 0 Å². The van der Waals surface area contributed by atoms with Gasteiger partial charge in [0.1, 0.15) is 5.71 Å². The van der Waals surface area contributed by atoms with E-state index in [1.807, 2.05) is 19.9 Å². The molecule has 0 saturated carbocycles. The van der Waals surface area contributed by atoms with Gasteiger partial charge in [0.05, 0.1) is 22.4 Å². The fourth-order valence-corrected chi connectivity index (χ4v) is 2.15. The molecule has 112 valence electrons. The summed E-state index contributed by atoms with van der Waals surface area (Å²) in [4.78, 5) is 32.0. The maximum absolute atomic E-state index is 12.1. The molecule has 0 fully saturated rings. The number of hydrazone groups is 1. The highest BCUT2D eigenvalue weighted by molar-refractivity contribution is 6.43. The van der Waals surface area contributed by atoms with Crippen LogP contribution in [-0.4, -0.2) is 27.5 Å². The predicted molar refractivity (Wildman–Crippen MR) is 82.5 cm³/mol. The first-order chi connectivity index (χ1) is 10.5. The first-order valence-corrected chi connectivity index (χ1v) is 6.95. The van der Waals surface area contributed by atoms with Crippen LogP contribution in [0.15, 0.2) is 23.3 Å². The summed E-state index contributed by atoms with van der Waals surface area (Å²) in [6, 6.07) is 5.36. The second-order valence-corrected chi connectivity index (χ2v) is 5.15. The number of hydrogen-bond acceptors (Lipinski definition) is 5. The number of benzene rings is 1. The zero-order chi connectivity index (χ0) is 15.7. The van der Waals surface area contributed by atoms with Gasteiger partial charge in [-0.2, -0.15) is 5.10 Å². The number of rotatable bonds is 2. The number of carbonyl (C=O) groups excluding carboxylic acids is 2. The Balaban J connectivity index is 1.83. The fourth-order valence-electron chi connectivity index (χ4n) is 2.15. The van der Waals surface area contributed by atoms with Crippen molar-refractivity contribution in [2.24, 2.45) is 5.10 Å². The van der Waals surface area contributed by atoms with E-state index in [1.165, 1.54) is 0 Å². The molecule has 0 bridgehead atoms. The standard InChI is InChI=1S/C15H15N5O2/c1-8-9(2)17-13-7-10(3-4-11(13)16-8)18-15(22)12-5-6-14(21)20-19-12/h3-4,7H,5-6H2,1-2H3,(H,18,22)(H,20,21). The molecule has 0 saturated heterocycles. The number of amides is 2. The summed E-state index contributed by atoms with van der Waals surface area (Å²) in [5, 5.41) is 6.54. The van der Waals surface area contributed by atoms with Crippen molar-refractivity contribution in [2.45, 2.75) is 26.7 Å². The van der Waals surface area contributed by atoms with Crippen molar-refractivity contribution in [3.8, 4) is 0 Å². The zero-order valence-corrected chi connectivity index (χ0v) is 12.3. The maximum Gasteiger partial charge on any atom is 0.271 e. The molecule has 0 spiro atoms. The van der Waals surface area contributed by atoms with Crippen LogP contribution in [0.25, 0.3) is 11.0 Å². The molecule has 22 heavy (non-hydrogen) atoms. The Hall–Kier alpha value is -2.83. The smallest absolute Gasteiger partial charge is 0.271 e. The second kappa shape index (κ2) is 5.51. The normalized spacial score (nSPS) is 14.5. The fraction of sp³-hybridized carbons (Fsp3) is 0.267. The second-order valence-electron chi connectivity index (χ2n) is 5.15. The molecule has 2 amide bonds. The molecule has 2 N–H and O–H groups in total. The van der Waals surface area contributed by atoms with Gasteiger partial charge in [0.2, 0.25) is 5.91 Å². The van der Waals surface area contributed by atoms with Crippen molar-refractivity contribution in [1.82, 2.24) is 15.4 Å². The SMILES string of the molecule is Cc1nc2ccc(NC(=O)C3=NNC(=O)CC3)cc2nc1C. The van der Waals surface area contributed by atoms with Gasteiger partial charge in [-0.25, -0.2) is 15.4 Å². The number of aromatic nitrogens is 2. The van der Waals surface area contributed by atoms with Crippen molar-refractivity contribution >= 4 is 34.2 Å². The summed E-state index contributed by atoms with van der Waals surface area (Å²) in [6.45, 7) is 3.80. The molecule has 0 aliphatic carbocycles. The highest BCUT2D eigenvalue weighted by atomic mass is 16.2. The molecule has 0 unspecified atom stereocenters. The molecule has 2 heterocycles. The van der Waals surface area contributed by atoms with Crippen molar-refractivity contribution in [2.75, 3.05) is 5.32 Å². The van der Waals surface area contributed by atoms with E-state index in [0.29, 0.717) is 17.8 Å². The van der Waals surface area contributed by atoms with Gasteiger partial charge >= 0.3 is 0 Å².